The molecule has 8 nitrogen and oxygen atoms in total. The number of carbonyl (C=O) groups is 2. The normalized spacial score (nSPS) is 17.5. The van der Waals surface area contributed by atoms with Crippen LogP contribution in [0.5, 0.6) is 0 Å². The van der Waals surface area contributed by atoms with E-state index in [4.69, 9.17) is 4.52 Å². The molecule has 35 heavy (non-hydrogen) atoms. The molecule has 0 unspecified atom stereocenters. The number of amides is 1. The van der Waals surface area contributed by atoms with E-state index in [0.29, 0.717) is 18.3 Å². The van der Waals surface area contributed by atoms with Crippen molar-refractivity contribution in [2.45, 2.75) is 26.3 Å². The molecule has 0 spiro atoms. The molecule has 3 aromatic rings. The van der Waals surface area contributed by atoms with E-state index in [9.17, 15) is 9.59 Å². The molecule has 0 N–H and O–H groups in total. The molecule has 3 heterocycles. The highest BCUT2D eigenvalue weighted by atomic mass is 16.5. The van der Waals surface area contributed by atoms with Gasteiger partial charge in [-0.15, -0.1) is 0 Å². The number of carbonyl (C=O) groups excluding carboxylic acids is 2. The number of piperazine rings is 1. The first-order chi connectivity index (χ1) is 17.1. The molecule has 1 aromatic heterocycles. The maximum absolute atomic E-state index is 13.2. The molecular formula is C27H31N5O3. The van der Waals surface area contributed by atoms with Gasteiger partial charge in [0.1, 0.15) is 0 Å². The van der Waals surface area contributed by atoms with E-state index in [0.717, 1.165) is 68.9 Å². The number of nitrogens with zero attached hydrogens (tertiary/aromatic N) is 5. The van der Waals surface area contributed by atoms with Crippen LogP contribution < -0.4 is 4.90 Å². The minimum Gasteiger partial charge on any atom is -0.368 e. The van der Waals surface area contributed by atoms with Crippen LogP contribution in [0.2, 0.25) is 0 Å². The number of anilines is 1. The van der Waals surface area contributed by atoms with Gasteiger partial charge in [0.25, 0.3) is 0 Å². The lowest BCUT2D eigenvalue weighted by molar-refractivity contribution is -0.137. The molecule has 2 aliphatic rings. The van der Waals surface area contributed by atoms with Gasteiger partial charge in [-0.1, -0.05) is 35.5 Å². The Balaban J connectivity index is 1.08. The van der Waals surface area contributed by atoms with E-state index in [-0.39, 0.29) is 17.6 Å². The predicted octanol–water partition coefficient (Wildman–Crippen LogP) is 3.50. The molecule has 0 radical (unpaired) electrons. The number of Topliss-reactive ketones (excluding diaryl/α,β-unsaturated/α-hetero) is 1. The zero-order chi connectivity index (χ0) is 24.2. The highest BCUT2D eigenvalue weighted by Gasteiger charge is 2.31. The average Bonchev–Trinajstić information content (AvgIpc) is 3.38. The Kier molecular flexibility index (Phi) is 6.90. The lowest BCUT2D eigenvalue weighted by Crippen LogP contribution is -2.51. The van der Waals surface area contributed by atoms with E-state index in [2.05, 4.69) is 19.9 Å². The second-order valence-corrected chi connectivity index (χ2v) is 9.34. The molecule has 0 bridgehead atoms. The fourth-order valence-corrected chi connectivity index (χ4v) is 4.90. The van der Waals surface area contributed by atoms with Crippen molar-refractivity contribution >= 4 is 17.4 Å². The third kappa shape index (κ3) is 5.43. The molecule has 8 heteroatoms. The van der Waals surface area contributed by atoms with Crippen LogP contribution in [0.15, 0.2) is 59.1 Å². The zero-order valence-corrected chi connectivity index (χ0v) is 20.1. The Hall–Kier alpha value is -3.52. The van der Waals surface area contributed by atoms with Crippen LogP contribution in [-0.2, 0) is 11.3 Å². The van der Waals surface area contributed by atoms with Crippen molar-refractivity contribution in [1.82, 2.24) is 19.9 Å². The molecule has 2 aliphatic heterocycles. The van der Waals surface area contributed by atoms with Crippen LogP contribution in [0, 0.1) is 5.92 Å². The molecule has 0 saturated carbocycles. The number of piperidine rings is 1. The topological polar surface area (TPSA) is 82.8 Å². The van der Waals surface area contributed by atoms with Gasteiger partial charge in [0.15, 0.2) is 5.78 Å². The molecule has 0 atom stereocenters. The number of likely N-dealkylation sites (tertiary alicyclic amines) is 1. The van der Waals surface area contributed by atoms with Gasteiger partial charge in [-0.25, -0.2) is 0 Å². The maximum atomic E-state index is 13.2. The fraction of sp³-hybridized carbons (Fsp3) is 0.407. The standard InChI is InChI=1S/C27H31N5O3/c1-20(33)21-7-9-24(10-8-21)31-15-17-32(18-16-31)27(34)23-11-13-30(14-12-23)19-25-28-26(29-35-25)22-5-3-2-4-6-22/h2-10,23H,11-19H2,1H3. The summed E-state index contributed by atoms with van der Waals surface area (Å²) in [5, 5.41) is 4.10. The number of benzene rings is 2. The summed E-state index contributed by atoms with van der Waals surface area (Å²) in [6, 6.07) is 17.6. The van der Waals surface area contributed by atoms with Gasteiger partial charge in [-0.3, -0.25) is 14.5 Å². The summed E-state index contributed by atoms with van der Waals surface area (Å²) in [6.45, 7) is 6.98. The van der Waals surface area contributed by atoms with Crippen LogP contribution in [-0.4, -0.2) is 70.9 Å². The predicted molar refractivity (Wildman–Crippen MR) is 133 cm³/mol. The Morgan fingerprint density at radius 2 is 1.60 bits per heavy atom. The van der Waals surface area contributed by atoms with Crippen molar-refractivity contribution in [3.63, 3.8) is 0 Å². The van der Waals surface area contributed by atoms with Crippen LogP contribution in [0.25, 0.3) is 11.4 Å². The van der Waals surface area contributed by atoms with E-state index >= 15 is 0 Å². The number of hydrogen-bond donors (Lipinski definition) is 0. The zero-order valence-electron chi connectivity index (χ0n) is 20.1. The van der Waals surface area contributed by atoms with E-state index in [1.807, 2.05) is 59.5 Å². The van der Waals surface area contributed by atoms with Gasteiger partial charge in [0.2, 0.25) is 17.6 Å². The number of hydrogen-bond acceptors (Lipinski definition) is 7. The monoisotopic (exact) mass is 473 g/mol. The van der Waals surface area contributed by atoms with Gasteiger partial charge in [-0.05, 0) is 57.1 Å². The van der Waals surface area contributed by atoms with Crippen molar-refractivity contribution < 1.29 is 14.1 Å². The summed E-state index contributed by atoms with van der Waals surface area (Å²) in [5.74, 6) is 1.66. The highest BCUT2D eigenvalue weighted by molar-refractivity contribution is 5.94. The quantitative estimate of drug-likeness (QED) is 0.507. The lowest BCUT2D eigenvalue weighted by Gasteiger charge is -2.39. The number of aromatic nitrogens is 2. The minimum atomic E-state index is 0.0760. The second-order valence-electron chi connectivity index (χ2n) is 9.34. The fourth-order valence-electron chi connectivity index (χ4n) is 4.90. The summed E-state index contributed by atoms with van der Waals surface area (Å²) in [6.07, 6.45) is 1.70. The summed E-state index contributed by atoms with van der Waals surface area (Å²) < 4.78 is 5.46. The number of rotatable bonds is 6. The van der Waals surface area contributed by atoms with Crippen molar-refractivity contribution in [2.75, 3.05) is 44.2 Å². The van der Waals surface area contributed by atoms with Crippen LogP contribution >= 0.6 is 0 Å². The highest BCUT2D eigenvalue weighted by Crippen LogP contribution is 2.24. The van der Waals surface area contributed by atoms with E-state index in [1.54, 1.807) is 6.92 Å². The molecular weight excluding hydrogens is 442 g/mol. The van der Waals surface area contributed by atoms with Crippen molar-refractivity contribution in [3.8, 4) is 11.4 Å². The largest absolute Gasteiger partial charge is 0.368 e. The van der Waals surface area contributed by atoms with Gasteiger partial charge in [0, 0.05) is 48.9 Å². The first-order valence-corrected chi connectivity index (χ1v) is 12.3. The first kappa shape index (κ1) is 23.2. The van der Waals surface area contributed by atoms with Crippen molar-refractivity contribution in [3.05, 3.63) is 66.1 Å². The van der Waals surface area contributed by atoms with Gasteiger partial charge >= 0.3 is 0 Å². The van der Waals surface area contributed by atoms with Gasteiger partial charge in [-0.2, -0.15) is 4.98 Å². The summed E-state index contributed by atoms with van der Waals surface area (Å²) in [7, 11) is 0. The third-order valence-electron chi connectivity index (χ3n) is 7.03. The van der Waals surface area contributed by atoms with Crippen molar-refractivity contribution in [2.24, 2.45) is 5.92 Å². The molecule has 1 amide bonds. The third-order valence-corrected chi connectivity index (χ3v) is 7.03. The molecule has 2 aromatic carbocycles. The maximum Gasteiger partial charge on any atom is 0.241 e. The molecule has 5 rings (SSSR count). The van der Waals surface area contributed by atoms with Gasteiger partial charge < -0.3 is 14.3 Å². The Labute approximate surface area is 205 Å². The van der Waals surface area contributed by atoms with Crippen molar-refractivity contribution in [1.29, 1.82) is 0 Å². The first-order valence-electron chi connectivity index (χ1n) is 12.3. The Morgan fingerprint density at radius 1 is 0.914 bits per heavy atom. The van der Waals surface area contributed by atoms with E-state index < -0.39 is 0 Å². The lowest BCUT2D eigenvalue weighted by atomic mass is 9.95. The summed E-state index contributed by atoms with van der Waals surface area (Å²) in [4.78, 5) is 35.8. The van der Waals surface area contributed by atoms with E-state index in [1.165, 1.54) is 0 Å². The van der Waals surface area contributed by atoms with Crippen LogP contribution in [0.1, 0.15) is 36.0 Å². The summed E-state index contributed by atoms with van der Waals surface area (Å²) in [5.41, 5.74) is 2.77. The molecule has 2 saturated heterocycles. The minimum absolute atomic E-state index is 0.0760. The number of ketones is 1. The molecule has 0 aliphatic carbocycles. The second kappa shape index (κ2) is 10.4. The van der Waals surface area contributed by atoms with Gasteiger partial charge in [0.05, 0.1) is 6.54 Å². The molecule has 2 fully saturated rings. The van der Waals surface area contributed by atoms with Crippen LogP contribution in [0.3, 0.4) is 0 Å². The Morgan fingerprint density at radius 3 is 2.26 bits per heavy atom. The Bertz CT molecular complexity index is 1150. The molecule has 182 valence electrons. The van der Waals surface area contributed by atoms with Crippen LogP contribution in [0.4, 0.5) is 5.69 Å². The smallest absolute Gasteiger partial charge is 0.241 e. The summed E-state index contributed by atoms with van der Waals surface area (Å²) >= 11 is 0. The average molecular weight is 474 g/mol. The SMILES string of the molecule is CC(=O)c1ccc(N2CCN(C(=O)C3CCN(Cc4nc(-c5ccccc5)no4)CC3)CC2)cc1.